The summed E-state index contributed by atoms with van der Waals surface area (Å²) < 4.78 is 27.3. The molecule has 6 heteroatoms. The Labute approximate surface area is 123 Å². The van der Waals surface area contributed by atoms with Gasteiger partial charge in [-0.15, -0.1) is 0 Å². The van der Waals surface area contributed by atoms with Crippen molar-refractivity contribution in [3.05, 3.63) is 29.8 Å². The highest BCUT2D eigenvalue weighted by Crippen LogP contribution is 2.32. The van der Waals surface area contributed by atoms with Crippen LogP contribution in [0.5, 0.6) is 5.75 Å². The lowest BCUT2D eigenvalue weighted by atomic mass is 10.1. The van der Waals surface area contributed by atoms with E-state index in [2.05, 4.69) is 0 Å². The van der Waals surface area contributed by atoms with Gasteiger partial charge in [0.2, 0.25) is 0 Å². The molecule has 2 atom stereocenters. The standard InChI is InChI=1S/C15H20O6/c1-17-12-4-2-11(3-5-12)9-18-14-10-21-15(8-13(14)16)19-6-7-20-15/h2-5,13-14,16H,6-10H2,1H3/t13-,14-/m1/s1. The van der Waals surface area contributed by atoms with Crippen LogP contribution in [0.1, 0.15) is 12.0 Å². The summed E-state index contributed by atoms with van der Waals surface area (Å²) >= 11 is 0. The normalized spacial score (nSPS) is 27.9. The SMILES string of the molecule is COc1ccc(CO[C@@H]2COC3(C[C@H]2O)OCCO3)cc1. The maximum absolute atomic E-state index is 10.2. The Kier molecular flexibility index (Phi) is 4.42. The molecule has 2 saturated heterocycles. The van der Waals surface area contributed by atoms with Gasteiger partial charge in [-0.25, -0.2) is 0 Å². The highest BCUT2D eigenvalue weighted by molar-refractivity contribution is 5.26. The molecule has 3 rings (SSSR count). The number of rotatable bonds is 4. The summed E-state index contributed by atoms with van der Waals surface area (Å²) in [7, 11) is 1.63. The van der Waals surface area contributed by atoms with Crippen molar-refractivity contribution in [3.63, 3.8) is 0 Å². The first-order chi connectivity index (χ1) is 10.2. The first kappa shape index (κ1) is 14.7. The van der Waals surface area contributed by atoms with Gasteiger partial charge in [-0.05, 0) is 17.7 Å². The molecule has 21 heavy (non-hydrogen) atoms. The van der Waals surface area contributed by atoms with Crippen LogP contribution in [0.4, 0.5) is 0 Å². The van der Waals surface area contributed by atoms with Crippen molar-refractivity contribution in [2.45, 2.75) is 31.2 Å². The van der Waals surface area contributed by atoms with Gasteiger partial charge < -0.3 is 28.8 Å². The zero-order valence-electron chi connectivity index (χ0n) is 12.0. The van der Waals surface area contributed by atoms with Gasteiger partial charge in [-0.2, -0.15) is 0 Å². The van der Waals surface area contributed by atoms with Crippen LogP contribution in [-0.2, 0) is 25.6 Å². The minimum absolute atomic E-state index is 0.247. The molecule has 0 radical (unpaired) electrons. The third-order valence-corrected chi connectivity index (χ3v) is 3.71. The average molecular weight is 296 g/mol. The minimum Gasteiger partial charge on any atom is -0.497 e. The first-order valence-corrected chi connectivity index (χ1v) is 7.05. The Morgan fingerprint density at radius 1 is 1.19 bits per heavy atom. The molecule has 0 saturated carbocycles. The molecule has 0 amide bonds. The summed E-state index contributed by atoms with van der Waals surface area (Å²) in [6.07, 6.45) is -0.791. The van der Waals surface area contributed by atoms with Crippen molar-refractivity contribution in [2.75, 3.05) is 26.9 Å². The van der Waals surface area contributed by atoms with Crippen LogP contribution in [0.15, 0.2) is 24.3 Å². The second-order valence-electron chi connectivity index (χ2n) is 5.16. The number of benzene rings is 1. The van der Waals surface area contributed by atoms with Crippen LogP contribution in [0, 0.1) is 0 Å². The van der Waals surface area contributed by atoms with E-state index in [9.17, 15) is 5.11 Å². The molecule has 1 N–H and O–H groups in total. The highest BCUT2D eigenvalue weighted by atomic mass is 16.9. The number of methoxy groups -OCH3 is 1. The summed E-state index contributed by atoms with van der Waals surface area (Å²) in [5.41, 5.74) is 1.01. The Balaban J connectivity index is 1.51. The third kappa shape index (κ3) is 3.36. The average Bonchev–Trinajstić information content (AvgIpc) is 2.95. The van der Waals surface area contributed by atoms with E-state index in [1.807, 2.05) is 24.3 Å². The number of hydrogen-bond donors (Lipinski definition) is 1. The van der Waals surface area contributed by atoms with Crippen LogP contribution in [0.3, 0.4) is 0 Å². The van der Waals surface area contributed by atoms with E-state index in [4.69, 9.17) is 23.7 Å². The fraction of sp³-hybridized carbons (Fsp3) is 0.600. The zero-order valence-corrected chi connectivity index (χ0v) is 12.0. The van der Waals surface area contributed by atoms with Gasteiger partial charge in [0.05, 0.1) is 46.1 Å². The molecule has 2 aliphatic rings. The van der Waals surface area contributed by atoms with E-state index in [1.165, 1.54) is 0 Å². The van der Waals surface area contributed by atoms with Crippen molar-refractivity contribution in [2.24, 2.45) is 0 Å². The molecule has 0 unspecified atom stereocenters. The Bertz CT molecular complexity index is 454. The second kappa shape index (κ2) is 6.29. The van der Waals surface area contributed by atoms with E-state index in [-0.39, 0.29) is 19.1 Å². The molecule has 0 aromatic heterocycles. The smallest absolute Gasteiger partial charge is 0.285 e. The molecule has 0 bridgehead atoms. The van der Waals surface area contributed by atoms with Crippen molar-refractivity contribution in [1.29, 1.82) is 0 Å². The Morgan fingerprint density at radius 3 is 2.52 bits per heavy atom. The van der Waals surface area contributed by atoms with E-state index in [0.29, 0.717) is 19.8 Å². The summed E-state index contributed by atoms with van der Waals surface area (Å²) in [6, 6.07) is 7.61. The number of ether oxygens (including phenoxy) is 5. The monoisotopic (exact) mass is 296 g/mol. The van der Waals surface area contributed by atoms with Crippen LogP contribution in [-0.4, -0.2) is 50.2 Å². The lowest BCUT2D eigenvalue weighted by Crippen LogP contribution is -2.50. The molecular formula is C15H20O6. The molecule has 1 aromatic carbocycles. The largest absolute Gasteiger partial charge is 0.497 e. The van der Waals surface area contributed by atoms with Gasteiger partial charge in [0.15, 0.2) is 0 Å². The predicted molar refractivity (Wildman–Crippen MR) is 72.8 cm³/mol. The van der Waals surface area contributed by atoms with Gasteiger partial charge in [0, 0.05) is 0 Å². The topological polar surface area (TPSA) is 66.4 Å². The Hall–Kier alpha value is -1.18. The third-order valence-electron chi connectivity index (χ3n) is 3.71. The zero-order chi connectivity index (χ0) is 14.7. The molecule has 2 heterocycles. The van der Waals surface area contributed by atoms with Gasteiger partial charge in [-0.1, -0.05) is 12.1 Å². The van der Waals surface area contributed by atoms with Crippen LogP contribution in [0.2, 0.25) is 0 Å². The molecule has 6 nitrogen and oxygen atoms in total. The quantitative estimate of drug-likeness (QED) is 0.896. The lowest BCUT2D eigenvalue weighted by Gasteiger charge is -2.38. The summed E-state index contributed by atoms with van der Waals surface area (Å²) in [5, 5.41) is 10.2. The van der Waals surface area contributed by atoms with Crippen molar-refractivity contribution in [1.82, 2.24) is 0 Å². The number of hydrogen-bond acceptors (Lipinski definition) is 6. The molecular weight excluding hydrogens is 276 g/mol. The van der Waals surface area contributed by atoms with Gasteiger partial charge in [-0.3, -0.25) is 0 Å². The molecule has 116 valence electrons. The predicted octanol–water partition coefficient (Wildman–Crippen LogP) is 1.06. The van der Waals surface area contributed by atoms with Crippen LogP contribution >= 0.6 is 0 Å². The Morgan fingerprint density at radius 2 is 1.90 bits per heavy atom. The second-order valence-corrected chi connectivity index (χ2v) is 5.16. The van der Waals surface area contributed by atoms with Gasteiger partial charge >= 0.3 is 0 Å². The maximum Gasteiger partial charge on any atom is 0.285 e. The maximum atomic E-state index is 10.2. The summed E-state index contributed by atoms with van der Waals surface area (Å²) in [6.45, 7) is 1.63. The molecule has 2 aliphatic heterocycles. The highest BCUT2D eigenvalue weighted by Gasteiger charge is 2.46. The van der Waals surface area contributed by atoms with Gasteiger partial charge in [0.25, 0.3) is 5.97 Å². The molecule has 1 spiro atoms. The van der Waals surface area contributed by atoms with Crippen LogP contribution < -0.4 is 4.74 Å². The van der Waals surface area contributed by atoms with Crippen molar-refractivity contribution >= 4 is 0 Å². The number of aliphatic hydroxyl groups excluding tert-OH is 1. The van der Waals surface area contributed by atoms with E-state index in [1.54, 1.807) is 7.11 Å². The fourth-order valence-corrected chi connectivity index (χ4v) is 2.49. The number of aliphatic hydroxyl groups is 1. The molecule has 1 aromatic rings. The van der Waals surface area contributed by atoms with Crippen molar-refractivity contribution < 1.29 is 28.8 Å². The van der Waals surface area contributed by atoms with Crippen molar-refractivity contribution in [3.8, 4) is 5.75 Å². The lowest BCUT2D eigenvalue weighted by molar-refractivity contribution is -0.372. The van der Waals surface area contributed by atoms with E-state index >= 15 is 0 Å². The first-order valence-electron chi connectivity index (χ1n) is 7.05. The van der Waals surface area contributed by atoms with Gasteiger partial charge in [0.1, 0.15) is 11.9 Å². The molecule has 0 aliphatic carbocycles. The summed E-state index contributed by atoms with van der Waals surface area (Å²) in [5.74, 6) is -0.267. The fourth-order valence-electron chi connectivity index (χ4n) is 2.49. The molecule has 2 fully saturated rings. The van der Waals surface area contributed by atoms with E-state index in [0.717, 1.165) is 11.3 Å². The van der Waals surface area contributed by atoms with E-state index < -0.39 is 12.1 Å². The minimum atomic E-state index is -1.07. The summed E-state index contributed by atoms with van der Waals surface area (Å²) in [4.78, 5) is 0. The van der Waals surface area contributed by atoms with Crippen LogP contribution in [0.25, 0.3) is 0 Å².